The molecule has 1 aromatic heterocycles. The summed E-state index contributed by atoms with van der Waals surface area (Å²) < 4.78 is 0. The fourth-order valence-electron chi connectivity index (χ4n) is 2.19. The lowest BCUT2D eigenvalue weighted by molar-refractivity contribution is -0.117. The lowest BCUT2D eigenvalue weighted by atomic mass is 10.2. The van der Waals surface area contributed by atoms with E-state index < -0.39 is 0 Å². The number of thioether (sulfide) groups is 1. The summed E-state index contributed by atoms with van der Waals surface area (Å²) in [5.41, 5.74) is 1.42. The molecule has 0 aliphatic heterocycles. The highest BCUT2D eigenvalue weighted by Crippen LogP contribution is 2.22. The number of rotatable bonds is 6. The second-order valence-corrected chi connectivity index (χ2v) is 6.61. The van der Waals surface area contributed by atoms with E-state index in [-0.39, 0.29) is 16.7 Å². The highest BCUT2D eigenvalue weighted by Gasteiger charge is 2.21. The number of nitrogens with one attached hydrogen (secondary N) is 1. The van der Waals surface area contributed by atoms with Gasteiger partial charge in [-0.05, 0) is 25.5 Å². The molecule has 1 aromatic carbocycles. The Labute approximate surface area is 140 Å². The van der Waals surface area contributed by atoms with E-state index in [0.717, 1.165) is 24.2 Å². The van der Waals surface area contributed by atoms with Crippen molar-refractivity contribution < 1.29 is 4.79 Å². The van der Waals surface area contributed by atoms with Gasteiger partial charge in [-0.2, -0.15) is 0 Å². The minimum Gasteiger partial charge on any atom is -0.315 e. The number of aromatic nitrogens is 2. The van der Waals surface area contributed by atoms with E-state index in [9.17, 15) is 9.59 Å². The van der Waals surface area contributed by atoms with E-state index in [2.05, 4.69) is 9.97 Å². The molecule has 2 rings (SSSR count). The molecule has 0 aliphatic rings. The molecule has 0 unspecified atom stereocenters. The van der Waals surface area contributed by atoms with E-state index in [1.54, 1.807) is 11.9 Å². The maximum atomic E-state index is 12.5. The van der Waals surface area contributed by atoms with Crippen molar-refractivity contribution in [3.8, 4) is 0 Å². The molecule has 0 fully saturated rings. The Bertz CT molecular complexity index is 715. The van der Waals surface area contributed by atoms with Crippen molar-refractivity contribution >= 4 is 23.4 Å². The number of para-hydroxylation sites is 1. The van der Waals surface area contributed by atoms with Gasteiger partial charge in [-0.3, -0.25) is 9.59 Å². The largest absolute Gasteiger partial charge is 0.315 e. The van der Waals surface area contributed by atoms with Gasteiger partial charge >= 0.3 is 0 Å². The molecular formula is C17H21N3O2S. The third-order valence-corrected chi connectivity index (χ3v) is 4.36. The summed E-state index contributed by atoms with van der Waals surface area (Å²) in [4.78, 5) is 32.9. The Morgan fingerprint density at radius 3 is 2.70 bits per heavy atom. The van der Waals surface area contributed by atoms with Crippen molar-refractivity contribution in [2.45, 2.75) is 37.1 Å². The number of benzene rings is 1. The number of carbonyl (C=O) groups is 1. The highest BCUT2D eigenvalue weighted by atomic mass is 32.2. The second kappa shape index (κ2) is 7.97. The first kappa shape index (κ1) is 17.3. The van der Waals surface area contributed by atoms with Gasteiger partial charge in [-0.25, -0.2) is 4.98 Å². The fourth-order valence-corrected chi connectivity index (χ4v) is 3.12. The van der Waals surface area contributed by atoms with Gasteiger partial charge in [0.25, 0.3) is 5.56 Å². The molecule has 0 bridgehead atoms. The van der Waals surface area contributed by atoms with Gasteiger partial charge in [0, 0.05) is 24.5 Å². The predicted molar refractivity (Wildman–Crippen MR) is 94.0 cm³/mol. The molecule has 0 saturated carbocycles. The summed E-state index contributed by atoms with van der Waals surface area (Å²) in [6.07, 6.45) is 1.68. The van der Waals surface area contributed by atoms with Crippen molar-refractivity contribution in [3.05, 3.63) is 52.4 Å². The Hall–Kier alpha value is -2.08. The van der Waals surface area contributed by atoms with Crippen LogP contribution in [0.4, 0.5) is 5.69 Å². The van der Waals surface area contributed by atoms with Gasteiger partial charge in [-0.15, -0.1) is 0 Å². The standard InChI is InChI=1S/C17H21N3O2S/c1-4-8-13-11-15(21)19-17(18-13)23-12(2)16(22)20(3)14-9-6-5-7-10-14/h5-7,9-12H,4,8H2,1-3H3,(H,18,19,21)/t12-/m0/s1. The molecule has 0 aliphatic carbocycles. The average molecular weight is 331 g/mol. The van der Waals surface area contributed by atoms with Gasteiger partial charge in [0.1, 0.15) is 0 Å². The Morgan fingerprint density at radius 1 is 1.35 bits per heavy atom. The van der Waals surface area contributed by atoms with Crippen molar-refractivity contribution in [2.75, 3.05) is 11.9 Å². The molecule has 1 heterocycles. The molecule has 2 aromatic rings. The van der Waals surface area contributed by atoms with E-state index in [1.165, 1.54) is 17.8 Å². The van der Waals surface area contributed by atoms with Crippen LogP contribution in [0.15, 0.2) is 46.3 Å². The molecule has 5 nitrogen and oxygen atoms in total. The normalized spacial score (nSPS) is 12.0. The molecule has 122 valence electrons. The Balaban J connectivity index is 2.10. The first-order chi connectivity index (χ1) is 11.0. The van der Waals surface area contributed by atoms with Crippen molar-refractivity contribution in [1.82, 2.24) is 9.97 Å². The molecule has 6 heteroatoms. The van der Waals surface area contributed by atoms with Gasteiger partial charge in [-0.1, -0.05) is 43.3 Å². The summed E-state index contributed by atoms with van der Waals surface area (Å²) >= 11 is 1.27. The number of H-pyrrole nitrogens is 1. The van der Waals surface area contributed by atoms with E-state index in [1.807, 2.05) is 44.2 Å². The predicted octanol–water partition coefficient (Wildman–Crippen LogP) is 2.87. The molecular weight excluding hydrogens is 310 g/mol. The summed E-state index contributed by atoms with van der Waals surface area (Å²) in [6, 6.07) is 11.0. The SMILES string of the molecule is CCCc1cc(=O)[nH]c(S[C@@H](C)C(=O)N(C)c2ccccc2)n1. The van der Waals surface area contributed by atoms with Crippen LogP contribution in [0.3, 0.4) is 0 Å². The van der Waals surface area contributed by atoms with Crippen LogP contribution in [0.25, 0.3) is 0 Å². The third-order valence-electron chi connectivity index (χ3n) is 3.39. The highest BCUT2D eigenvalue weighted by molar-refractivity contribution is 8.00. The number of carbonyl (C=O) groups excluding carboxylic acids is 1. The number of nitrogens with zero attached hydrogens (tertiary/aromatic N) is 2. The van der Waals surface area contributed by atoms with Gasteiger partial charge in [0.05, 0.1) is 5.25 Å². The van der Waals surface area contributed by atoms with Crippen LogP contribution in [-0.2, 0) is 11.2 Å². The zero-order valence-electron chi connectivity index (χ0n) is 13.6. The fraction of sp³-hybridized carbons (Fsp3) is 0.353. The number of aryl methyl sites for hydroxylation is 1. The second-order valence-electron chi connectivity index (χ2n) is 5.28. The summed E-state index contributed by atoms with van der Waals surface area (Å²) in [5, 5.41) is 0.142. The Morgan fingerprint density at radius 2 is 2.04 bits per heavy atom. The lowest BCUT2D eigenvalue weighted by Gasteiger charge is -2.20. The lowest BCUT2D eigenvalue weighted by Crippen LogP contribution is -2.33. The first-order valence-electron chi connectivity index (χ1n) is 7.60. The number of hydrogen-bond acceptors (Lipinski definition) is 4. The minimum absolute atomic E-state index is 0.0373. The van der Waals surface area contributed by atoms with Crippen LogP contribution in [0.1, 0.15) is 26.0 Å². The first-order valence-corrected chi connectivity index (χ1v) is 8.48. The summed E-state index contributed by atoms with van der Waals surface area (Å²) in [6.45, 7) is 3.86. The molecule has 0 radical (unpaired) electrons. The van der Waals surface area contributed by atoms with Crippen LogP contribution in [-0.4, -0.2) is 28.2 Å². The van der Waals surface area contributed by atoms with Gasteiger partial charge < -0.3 is 9.88 Å². The van der Waals surface area contributed by atoms with E-state index >= 15 is 0 Å². The molecule has 23 heavy (non-hydrogen) atoms. The average Bonchev–Trinajstić information content (AvgIpc) is 2.54. The number of aromatic amines is 1. The third kappa shape index (κ3) is 4.69. The molecule has 1 amide bonds. The van der Waals surface area contributed by atoms with Crippen LogP contribution in [0.2, 0.25) is 0 Å². The Kier molecular flexibility index (Phi) is 5.98. The zero-order valence-corrected chi connectivity index (χ0v) is 14.4. The van der Waals surface area contributed by atoms with Gasteiger partial charge in [0.2, 0.25) is 5.91 Å². The van der Waals surface area contributed by atoms with Crippen LogP contribution < -0.4 is 10.5 Å². The number of amides is 1. The molecule has 0 saturated heterocycles. The number of anilines is 1. The summed E-state index contributed by atoms with van der Waals surface area (Å²) in [5.74, 6) is -0.0373. The smallest absolute Gasteiger partial charge is 0.251 e. The van der Waals surface area contributed by atoms with Gasteiger partial charge in [0.15, 0.2) is 5.16 Å². The van der Waals surface area contributed by atoms with Crippen molar-refractivity contribution in [1.29, 1.82) is 0 Å². The summed E-state index contributed by atoms with van der Waals surface area (Å²) in [7, 11) is 1.75. The topological polar surface area (TPSA) is 66.1 Å². The molecule has 0 spiro atoms. The maximum Gasteiger partial charge on any atom is 0.251 e. The van der Waals surface area contributed by atoms with Crippen LogP contribution in [0.5, 0.6) is 0 Å². The minimum atomic E-state index is -0.347. The van der Waals surface area contributed by atoms with Crippen molar-refractivity contribution in [2.24, 2.45) is 0 Å². The van der Waals surface area contributed by atoms with E-state index in [4.69, 9.17) is 0 Å². The molecule has 1 atom stereocenters. The maximum absolute atomic E-state index is 12.5. The van der Waals surface area contributed by atoms with E-state index in [0.29, 0.717) is 5.16 Å². The van der Waals surface area contributed by atoms with Crippen LogP contribution >= 0.6 is 11.8 Å². The monoisotopic (exact) mass is 331 g/mol. The molecule has 1 N–H and O–H groups in total. The van der Waals surface area contributed by atoms with Crippen molar-refractivity contribution in [3.63, 3.8) is 0 Å². The van der Waals surface area contributed by atoms with Crippen LogP contribution in [0, 0.1) is 0 Å². The quantitative estimate of drug-likeness (QED) is 0.653. The number of hydrogen-bond donors (Lipinski definition) is 1. The zero-order chi connectivity index (χ0) is 16.8.